The predicted octanol–water partition coefficient (Wildman–Crippen LogP) is 3.90. The van der Waals surface area contributed by atoms with Gasteiger partial charge in [-0.15, -0.1) is 11.3 Å². The second kappa shape index (κ2) is 6.76. The molecule has 1 amide bonds. The summed E-state index contributed by atoms with van der Waals surface area (Å²) in [5.41, 5.74) is 1.94. The molecular formula is C18H14FN5O2S. The van der Waals surface area contributed by atoms with Gasteiger partial charge in [0.25, 0.3) is 5.91 Å². The van der Waals surface area contributed by atoms with Crippen LogP contribution in [0.4, 0.5) is 10.1 Å². The summed E-state index contributed by atoms with van der Waals surface area (Å²) in [7, 11) is 1.75. The lowest BCUT2D eigenvalue weighted by atomic mass is 10.1. The average molecular weight is 383 g/mol. The van der Waals surface area contributed by atoms with E-state index in [2.05, 4.69) is 20.4 Å². The first kappa shape index (κ1) is 17.1. The lowest BCUT2D eigenvalue weighted by molar-refractivity contribution is 0.102. The van der Waals surface area contributed by atoms with Gasteiger partial charge in [0.05, 0.1) is 28.7 Å². The molecule has 0 bridgehead atoms. The summed E-state index contributed by atoms with van der Waals surface area (Å²) in [5.74, 6) is -0.559. The van der Waals surface area contributed by atoms with Crippen molar-refractivity contribution in [2.24, 2.45) is 7.05 Å². The van der Waals surface area contributed by atoms with Crippen LogP contribution in [0.2, 0.25) is 0 Å². The third-order valence-corrected chi connectivity index (χ3v) is 5.01. The Bertz CT molecular complexity index is 1120. The number of aryl methyl sites for hydroxylation is 2. The molecule has 0 aromatic carbocycles. The third-order valence-electron chi connectivity index (χ3n) is 3.97. The highest BCUT2D eigenvalue weighted by Gasteiger charge is 2.19. The van der Waals surface area contributed by atoms with Crippen LogP contribution in [0.25, 0.3) is 22.0 Å². The number of anilines is 1. The number of nitrogens with zero attached hydrogens (tertiary/aromatic N) is 4. The molecule has 4 rings (SSSR count). The number of halogens is 1. The van der Waals surface area contributed by atoms with Crippen LogP contribution in [0.3, 0.4) is 0 Å². The molecule has 4 aromatic rings. The minimum atomic E-state index is -0.605. The van der Waals surface area contributed by atoms with Gasteiger partial charge in [-0.2, -0.15) is 5.10 Å². The molecule has 0 atom stereocenters. The zero-order valence-corrected chi connectivity index (χ0v) is 15.2. The van der Waals surface area contributed by atoms with Gasteiger partial charge in [0.1, 0.15) is 6.26 Å². The molecule has 0 saturated heterocycles. The highest BCUT2D eigenvalue weighted by Crippen LogP contribution is 2.36. The van der Waals surface area contributed by atoms with Gasteiger partial charge < -0.3 is 9.73 Å². The lowest BCUT2D eigenvalue weighted by Crippen LogP contribution is -2.14. The van der Waals surface area contributed by atoms with Crippen molar-refractivity contribution < 1.29 is 13.6 Å². The number of carbonyl (C=O) groups is 1. The largest absolute Gasteiger partial charge is 0.444 e. The van der Waals surface area contributed by atoms with Gasteiger partial charge in [0.15, 0.2) is 11.5 Å². The van der Waals surface area contributed by atoms with Gasteiger partial charge >= 0.3 is 0 Å². The van der Waals surface area contributed by atoms with E-state index in [1.54, 1.807) is 35.3 Å². The van der Waals surface area contributed by atoms with Crippen molar-refractivity contribution in [3.8, 4) is 22.0 Å². The molecule has 136 valence electrons. The maximum absolute atomic E-state index is 13.7. The Kier molecular flexibility index (Phi) is 4.28. The van der Waals surface area contributed by atoms with E-state index in [9.17, 15) is 9.18 Å². The highest BCUT2D eigenvalue weighted by molar-refractivity contribution is 7.15. The average Bonchev–Trinajstić information content (AvgIpc) is 3.36. The van der Waals surface area contributed by atoms with Crippen LogP contribution in [-0.4, -0.2) is 25.7 Å². The smallest absolute Gasteiger partial charge is 0.276 e. The van der Waals surface area contributed by atoms with E-state index >= 15 is 0 Å². The van der Waals surface area contributed by atoms with Crippen LogP contribution in [0.1, 0.15) is 15.4 Å². The molecule has 7 nitrogen and oxygen atoms in total. The number of hydrogen-bond acceptors (Lipinski definition) is 6. The normalized spacial score (nSPS) is 10.9. The van der Waals surface area contributed by atoms with Crippen molar-refractivity contribution in [1.82, 2.24) is 19.7 Å². The van der Waals surface area contributed by atoms with Gasteiger partial charge in [-0.1, -0.05) is 0 Å². The van der Waals surface area contributed by atoms with Crippen molar-refractivity contribution in [1.29, 1.82) is 0 Å². The SMILES string of the molecule is Cc1sc(-c2ncco2)cc1-c1cc(C(=O)Nc2ccncc2F)nn1C. The quantitative estimate of drug-likeness (QED) is 0.578. The fourth-order valence-corrected chi connectivity index (χ4v) is 3.65. The third kappa shape index (κ3) is 3.24. The van der Waals surface area contributed by atoms with Crippen LogP contribution in [0.15, 0.2) is 47.5 Å². The topological polar surface area (TPSA) is 85.8 Å². The van der Waals surface area contributed by atoms with Crippen molar-refractivity contribution in [3.63, 3.8) is 0 Å². The van der Waals surface area contributed by atoms with Crippen LogP contribution in [-0.2, 0) is 7.05 Å². The Morgan fingerprint density at radius 1 is 1.33 bits per heavy atom. The number of nitrogens with one attached hydrogen (secondary N) is 1. The summed E-state index contributed by atoms with van der Waals surface area (Å²) in [6.45, 7) is 1.98. The molecule has 0 saturated carbocycles. The minimum Gasteiger partial charge on any atom is -0.444 e. The van der Waals surface area contributed by atoms with Gasteiger partial charge in [-0.05, 0) is 25.1 Å². The van der Waals surface area contributed by atoms with Crippen LogP contribution in [0.5, 0.6) is 0 Å². The summed E-state index contributed by atoms with van der Waals surface area (Å²) in [6, 6.07) is 5.01. The zero-order valence-electron chi connectivity index (χ0n) is 14.4. The number of rotatable bonds is 4. The molecule has 1 N–H and O–H groups in total. The number of carbonyl (C=O) groups excluding carboxylic acids is 1. The molecule has 0 aliphatic carbocycles. The maximum Gasteiger partial charge on any atom is 0.276 e. The summed E-state index contributed by atoms with van der Waals surface area (Å²) in [5, 5.41) is 6.77. The molecule has 0 aliphatic heterocycles. The van der Waals surface area contributed by atoms with Gasteiger partial charge in [-0.3, -0.25) is 14.5 Å². The Balaban J connectivity index is 1.64. The zero-order chi connectivity index (χ0) is 19.0. The van der Waals surface area contributed by atoms with E-state index in [1.807, 2.05) is 13.0 Å². The lowest BCUT2D eigenvalue weighted by Gasteiger charge is -2.03. The number of pyridine rings is 1. The van der Waals surface area contributed by atoms with E-state index in [0.717, 1.165) is 27.2 Å². The molecule has 4 heterocycles. The molecule has 0 aliphatic rings. The van der Waals surface area contributed by atoms with E-state index in [4.69, 9.17) is 4.42 Å². The number of oxazole rings is 1. The molecular weight excluding hydrogens is 369 g/mol. The second-order valence-electron chi connectivity index (χ2n) is 5.77. The van der Waals surface area contributed by atoms with Crippen molar-refractivity contribution >= 4 is 22.9 Å². The van der Waals surface area contributed by atoms with E-state index in [1.165, 1.54) is 18.5 Å². The van der Waals surface area contributed by atoms with Crippen LogP contribution >= 0.6 is 11.3 Å². The van der Waals surface area contributed by atoms with Crippen molar-refractivity contribution in [2.45, 2.75) is 6.92 Å². The minimum absolute atomic E-state index is 0.0556. The Morgan fingerprint density at radius 2 is 2.19 bits per heavy atom. The summed E-state index contributed by atoms with van der Waals surface area (Å²) in [4.78, 5) is 22.2. The molecule has 4 aromatic heterocycles. The number of amides is 1. The summed E-state index contributed by atoms with van der Waals surface area (Å²) in [6.07, 6.45) is 5.56. The van der Waals surface area contributed by atoms with Crippen LogP contribution < -0.4 is 5.32 Å². The van der Waals surface area contributed by atoms with E-state index in [0.29, 0.717) is 5.89 Å². The first-order valence-corrected chi connectivity index (χ1v) is 8.80. The summed E-state index contributed by atoms with van der Waals surface area (Å²) < 4.78 is 20.7. The highest BCUT2D eigenvalue weighted by atomic mass is 32.1. The Morgan fingerprint density at radius 3 is 2.93 bits per heavy atom. The first-order chi connectivity index (χ1) is 13.0. The van der Waals surface area contributed by atoms with Crippen molar-refractivity contribution in [2.75, 3.05) is 5.32 Å². The summed E-state index contributed by atoms with van der Waals surface area (Å²) >= 11 is 1.54. The number of thiophene rings is 1. The first-order valence-electron chi connectivity index (χ1n) is 7.98. The van der Waals surface area contributed by atoms with Crippen molar-refractivity contribution in [3.05, 3.63) is 59.4 Å². The molecule has 0 fully saturated rings. The van der Waals surface area contributed by atoms with Gasteiger partial charge in [0, 0.05) is 23.7 Å². The monoisotopic (exact) mass is 383 g/mol. The fraction of sp³-hybridized carbons (Fsp3) is 0.111. The van der Waals surface area contributed by atoms with Gasteiger partial charge in [-0.25, -0.2) is 9.37 Å². The molecule has 0 spiro atoms. The molecule has 0 radical (unpaired) electrons. The second-order valence-corrected chi connectivity index (χ2v) is 7.02. The number of aromatic nitrogens is 4. The number of hydrogen-bond donors (Lipinski definition) is 1. The maximum atomic E-state index is 13.7. The Hall–Kier alpha value is -3.33. The van der Waals surface area contributed by atoms with Crippen LogP contribution in [0, 0.1) is 12.7 Å². The Labute approximate surface area is 157 Å². The van der Waals surface area contributed by atoms with E-state index in [-0.39, 0.29) is 11.4 Å². The predicted molar refractivity (Wildman–Crippen MR) is 98.9 cm³/mol. The standard InChI is InChI=1S/C18H14FN5O2S/c1-10-11(7-16(27-10)18-21-5-6-26-18)15-8-14(23-24(15)2)17(25)22-13-3-4-20-9-12(13)19/h3-9H,1-2H3,(H,20,22,25). The molecule has 0 unspecified atom stereocenters. The van der Waals surface area contributed by atoms with E-state index < -0.39 is 11.7 Å². The molecule has 9 heteroatoms. The molecule has 27 heavy (non-hydrogen) atoms. The fourth-order valence-electron chi connectivity index (χ4n) is 2.68. The van der Waals surface area contributed by atoms with Gasteiger partial charge in [0.2, 0.25) is 5.89 Å².